The van der Waals surface area contributed by atoms with Crippen LogP contribution in [0, 0.1) is 0 Å². The number of benzene rings is 1. The zero-order valence-corrected chi connectivity index (χ0v) is 12.0. The van der Waals surface area contributed by atoms with Gasteiger partial charge >= 0.3 is 0 Å². The summed E-state index contributed by atoms with van der Waals surface area (Å²) in [5, 5.41) is 12.6. The van der Waals surface area contributed by atoms with Gasteiger partial charge in [0.25, 0.3) is 0 Å². The topological polar surface area (TPSA) is 60.0 Å². The van der Waals surface area contributed by atoms with Gasteiger partial charge in [-0.25, -0.2) is 0 Å². The highest BCUT2D eigenvalue weighted by Crippen LogP contribution is 2.27. The minimum Gasteiger partial charge on any atom is -0.496 e. The molecule has 0 saturated heterocycles. The molecule has 1 rings (SSSR count). The van der Waals surface area contributed by atoms with Gasteiger partial charge in [-0.05, 0) is 13.5 Å². The summed E-state index contributed by atoms with van der Waals surface area (Å²) >= 11 is 0. The SMILES string of the molecule is CCNC(C)(CO)COc1cc(OC)cc(OC)c1. The molecule has 5 heteroatoms. The predicted molar refractivity (Wildman–Crippen MR) is 74.2 cm³/mol. The number of hydrogen-bond donors (Lipinski definition) is 2. The monoisotopic (exact) mass is 269 g/mol. The van der Waals surface area contributed by atoms with Gasteiger partial charge in [0.05, 0.1) is 26.4 Å². The first-order valence-corrected chi connectivity index (χ1v) is 6.28. The molecule has 0 bridgehead atoms. The van der Waals surface area contributed by atoms with Crippen LogP contribution < -0.4 is 19.5 Å². The first kappa shape index (κ1) is 15.6. The van der Waals surface area contributed by atoms with E-state index < -0.39 is 5.54 Å². The second kappa shape index (κ2) is 7.21. The van der Waals surface area contributed by atoms with E-state index in [1.165, 1.54) is 0 Å². The van der Waals surface area contributed by atoms with Crippen molar-refractivity contribution in [1.82, 2.24) is 5.32 Å². The third kappa shape index (κ3) is 4.61. The van der Waals surface area contributed by atoms with E-state index in [0.717, 1.165) is 6.54 Å². The van der Waals surface area contributed by atoms with Crippen LogP contribution in [0.5, 0.6) is 17.2 Å². The molecule has 0 fully saturated rings. The number of ether oxygens (including phenoxy) is 3. The van der Waals surface area contributed by atoms with Crippen LogP contribution in [-0.4, -0.2) is 44.6 Å². The highest BCUT2D eigenvalue weighted by molar-refractivity contribution is 5.42. The number of aliphatic hydroxyl groups excluding tert-OH is 1. The maximum absolute atomic E-state index is 9.40. The molecule has 1 aromatic carbocycles. The van der Waals surface area contributed by atoms with Crippen LogP contribution in [0.4, 0.5) is 0 Å². The molecule has 0 aliphatic carbocycles. The van der Waals surface area contributed by atoms with Gasteiger partial charge in [-0.15, -0.1) is 0 Å². The molecule has 0 aliphatic heterocycles. The molecule has 1 unspecified atom stereocenters. The summed E-state index contributed by atoms with van der Waals surface area (Å²) in [5.74, 6) is 1.99. The Hall–Kier alpha value is -1.46. The molecule has 1 aromatic rings. The van der Waals surface area contributed by atoms with Crippen molar-refractivity contribution in [2.24, 2.45) is 0 Å². The molecule has 0 saturated carbocycles. The molecule has 0 amide bonds. The summed E-state index contributed by atoms with van der Waals surface area (Å²) in [6.45, 7) is 5.02. The highest BCUT2D eigenvalue weighted by Gasteiger charge is 2.23. The van der Waals surface area contributed by atoms with E-state index in [0.29, 0.717) is 23.9 Å². The fraction of sp³-hybridized carbons (Fsp3) is 0.571. The quantitative estimate of drug-likeness (QED) is 0.748. The van der Waals surface area contributed by atoms with Crippen molar-refractivity contribution >= 4 is 0 Å². The van der Waals surface area contributed by atoms with Gasteiger partial charge in [0.2, 0.25) is 0 Å². The zero-order valence-electron chi connectivity index (χ0n) is 12.0. The Balaban J connectivity index is 2.76. The molecule has 0 aliphatic rings. The van der Waals surface area contributed by atoms with Crippen molar-refractivity contribution in [3.63, 3.8) is 0 Å². The third-order valence-corrected chi connectivity index (χ3v) is 2.83. The molecule has 0 heterocycles. The Morgan fingerprint density at radius 3 is 2.05 bits per heavy atom. The summed E-state index contributed by atoms with van der Waals surface area (Å²) in [6.07, 6.45) is 0. The van der Waals surface area contributed by atoms with Crippen LogP contribution in [-0.2, 0) is 0 Å². The van der Waals surface area contributed by atoms with Crippen molar-refractivity contribution < 1.29 is 19.3 Å². The standard InChI is InChI=1S/C14H23NO4/c1-5-15-14(2,9-16)10-19-13-7-11(17-3)6-12(8-13)18-4/h6-8,15-16H,5,9-10H2,1-4H3. The smallest absolute Gasteiger partial charge is 0.126 e. The van der Waals surface area contributed by atoms with Crippen molar-refractivity contribution in [1.29, 1.82) is 0 Å². The zero-order chi connectivity index (χ0) is 14.3. The van der Waals surface area contributed by atoms with Gasteiger partial charge < -0.3 is 24.6 Å². The summed E-state index contributed by atoms with van der Waals surface area (Å²) in [4.78, 5) is 0. The number of likely N-dealkylation sites (N-methyl/N-ethyl adjacent to an activating group) is 1. The lowest BCUT2D eigenvalue weighted by atomic mass is 10.1. The molecule has 2 N–H and O–H groups in total. The van der Waals surface area contributed by atoms with E-state index in [4.69, 9.17) is 14.2 Å². The van der Waals surface area contributed by atoms with Gasteiger partial charge in [-0.1, -0.05) is 6.92 Å². The van der Waals surface area contributed by atoms with E-state index in [-0.39, 0.29) is 6.61 Å². The third-order valence-electron chi connectivity index (χ3n) is 2.83. The van der Waals surface area contributed by atoms with Crippen LogP contribution in [0.2, 0.25) is 0 Å². The first-order chi connectivity index (χ1) is 9.06. The van der Waals surface area contributed by atoms with Crippen LogP contribution in [0.25, 0.3) is 0 Å². The molecule has 108 valence electrons. The largest absolute Gasteiger partial charge is 0.496 e. The predicted octanol–water partition coefficient (Wildman–Crippen LogP) is 1.44. The number of nitrogens with one attached hydrogen (secondary N) is 1. The summed E-state index contributed by atoms with van der Waals surface area (Å²) in [5.41, 5.74) is -0.467. The molecule has 19 heavy (non-hydrogen) atoms. The van der Waals surface area contributed by atoms with E-state index in [1.807, 2.05) is 13.8 Å². The lowest BCUT2D eigenvalue weighted by molar-refractivity contribution is 0.117. The maximum atomic E-state index is 9.40. The van der Waals surface area contributed by atoms with Crippen LogP contribution in [0.1, 0.15) is 13.8 Å². The molecule has 0 spiro atoms. The fourth-order valence-electron chi connectivity index (χ4n) is 1.69. The van der Waals surface area contributed by atoms with E-state index >= 15 is 0 Å². The van der Waals surface area contributed by atoms with Gasteiger partial charge in [-0.2, -0.15) is 0 Å². The summed E-state index contributed by atoms with van der Waals surface area (Å²) < 4.78 is 16.1. The van der Waals surface area contributed by atoms with Crippen molar-refractivity contribution in [2.45, 2.75) is 19.4 Å². The molecular weight excluding hydrogens is 246 g/mol. The number of methoxy groups -OCH3 is 2. The summed E-state index contributed by atoms with van der Waals surface area (Å²) in [6, 6.07) is 5.35. The fourth-order valence-corrected chi connectivity index (χ4v) is 1.69. The molecule has 5 nitrogen and oxygen atoms in total. The second-order valence-corrected chi connectivity index (χ2v) is 4.59. The van der Waals surface area contributed by atoms with Gasteiger partial charge in [0.1, 0.15) is 23.9 Å². The molecular formula is C14H23NO4. The average Bonchev–Trinajstić information content (AvgIpc) is 2.45. The molecule has 0 radical (unpaired) electrons. The lowest BCUT2D eigenvalue weighted by Gasteiger charge is -2.28. The highest BCUT2D eigenvalue weighted by atomic mass is 16.5. The lowest BCUT2D eigenvalue weighted by Crippen LogP contribution is -2.50. The normalized spacial score (nSPS) is 13.7. The Bertz CT molecular complexity index is 375. The number of rotatable bonds is 8. The minimum atomic E-state index is -0.467. The number of hydrogen-bond acceptors (Lipinski definition) is 5. The molecule has 1 atom stereocenters. The van der Waals surface area contributed by atoms with Gasteiger partial charge in [0, 0.05) is 18.2 Å². The second-order valence-electron chi connectivity index (χ2n) is 4.59. The van der Waals surface area contributed by atoms with Crippen LogP contribution in [0.3, 0.4) is 0 Å². The van der Waals surface area contributed by atoms with E-state index in [9.17, 15) is 5.11 Å². The van der Waals surface area contributed by atoms with Crippen LogP contribution in [0.15, 0.2) is 18.2 Å². The van der Waals surface area contributed by atoms with Crippen molar-refractivity contribution in [3.05, 3.63) is 18.2 Å². The van der Waals surface area contributed by atoms with Gasteiger partial charge in [-0.3, -0.25) is 0 Å². The molecule has 0 aromatic heterocycles. The maximum Gasteiger partial charge on any atom is 0.126 e. The Morgan fingerprint density at radius 1 is 1.11 bits per heavy atom. The summed E-state index contributed by atoms with van der Waals surface area (Å²) in [7, 11) is 3.18. The Kier molecular flexibility index (Phi) is 5.92. The Morgan fingerprint density at radius 2 is 1.63 bits per heavy atom. The van der Waals surface area contributed by atoms with Crippen LogP contribution >= 0.6 is 0 Å². The number of aliphatic hydroxyl groups is 1. The Labute approximate surface area is 114 Å². The van der Waals surface area contributed by atoms with Crippen molar-refractivity contribution in [3.8, 4) is 17.2 Å². The van der Waals surface area contributed by atoms with Crippen molar-refractivity contribution in [2.75, 3.05) is 34.0 Å². The minimum absolute atomic E-state index is 0.00193. The van der Waals surface area contributed by atoms with Gasteiger partial charge in [0.15, 0.2) is 0 Å². The average molecular weight is 269 g/mol. The van der Waals surface area contributed by atoms with E-state index in [1.54, 1.807) is 32.4 Å². The first-order valence-electron chi connectivity index (χ1n) is 6.28. The van der Waals surface area contributed by atoms with E-state index in [2.05, 4.69) is 5.32 Å².